The van der Waals surface area contributed by atoms with Gasteiger partial charge in [0, 0.05) is 12.1 Å². The molecule has 1 N–H and O–H groups in total. The lowest BCUT2D eigenvalue weighted by molar-refractivity contribution is -0.137. The average molecular weight is 315 g/mol. The Labute approximate surface area is 136 Å². The summed E-state index contributed by atoms with van der Waals surface area (Å²) in [5.41, 5.74) is 3.25. The van der Waals surface area contributed by atoms with Crippen LogP contribution in [0, 0.1) is 5.82 Å². The van der Waals surface area contributed by atoms with Gasteiger partial charge in [-0.3, -0.25) is 4.79 Å². The first-order valence-corrected chi connectivity index (χ1v) is 7.62. The summed E-state index contributed by atoms with van der Waals surface area (Å²) in [7, 11) is 3.94. The van der Waals surface area contributed by atoms with Gasteiger partial charge in [-0.2, -0.15) is 0 Å². The van der Waals surface area contributed by atoms with Crippen LogP contribution < -0.4 is 0 Å². The highest BCUT2D eigenvalue weighted by molar-refractivity contribution is 5.70. The first-order valence-electron chi connectivity index (χ1n) is 7.62. The van der Waals surface area contributed by atoms with Crippen LogP contribution in [0.15, 0.2) is 42.5 Å². The zero-order chi connectivity index (χ0) is 17.0. The van der Waals surface area contributed by atoms with E-state index in [2.05, 4.69) is 0 Å². The summed E-state index contributed by atoms with van der Waals surface area (Å²) < 4.78 is 14.4. The van der Waals surface area contributed by atoms with Crippen molar-refractivity contribution in [3.05, 3.63) is 59.4 Å². The lowest BCUT2D eigenvalue weighted by atomic mass is 9.92. The predicted molar refractivity (Wildman–Crippen MR) is 89.9 cm³/mol. The molecule has 0 heterocycles. The number of carboxylic acids is 1. The Morgan fingerprint density at radius 1 is 1.17 bits per heavy atom. The van der Waals surface area contributed by atoms with Crippen molar-refractivity contribution in [2.75, 3.05) is 14.1 Å². The molecule has 122 valence electrons. The number of benzene rings is 2. The van der Waals surface area contributed by atoms with Gasteiger partial charge in [-0.15, -0.1) is 0 Å². The van der Waals surface area contributed by atoms with Crippen molar-refractivity contribution in [1.29, 1.82) is 0 Å². The van der Waals surface area contributed by atoms with Crippen molar-refractivity contribution in [2.45, 2.75) is 25.8 Å². The molecule has 0 amide bonds. The highest BCUT2D eigenvalue weighted by atomic mass is 19.1. The minimum atomic E-state index is -0.851. The highest BCUT2D eigenvalue weighted by Gasteiger charge is 2.15. The van der Waals surface area contributed by atoms with Crippen LogP contribution in [0.2, 0.25) is 0 Å². The van der Waals surface area contributed by atoms with E-state index in [4.69, 9.17) is 5.11 Å². The standard InChI is InChI=1S/C19H22FNO2/c1-13(10-19(22)23)14-8-9-18(20)17(11-14)16-7-5-4-6-15(16)12-21(2)3/h4-9,11,13H,10,12H2,1-3H3,(H,22,23). The van der Waals surface area contributed by atoms with Gasteiger partial charge in [0.1, 0.15) is 5.82 Å². The number of halogens is 1. The van der Waals surface area contributed by atoms with Gasteiger partial charge in [0.05, 0.1) is 6.42 Å². The third-order valence-electron chi connectivity index (χ3n) is 3.83. The molecule has 0 saturated heterocycles. The van der Waals surface area contributed by atoms with Gasteiger partial charge in [0.25, 0.3) is 0 Å². The maximum atomic E-state index is 14.4. The van der Waals surface area contributed by atoms with Crippen LogP contribution in [0.4, 0.5) is 4.39 Å². The molecule has 23 heavy (non-hydrogen) atoms. The van der Waals surface area contributed by atoms with E-state index in [0.717, 1.165) is 16.7 Å². The Morgan fingerprint density at radius 2 is 1.87 bits per heavy atom. The van der Waals surface area contributed by atoms with Crippen LogP contribution >= 0.6 is 0 Å². The molecule has 0 radical (unpaired) electrons. The topological polar surface area (TPSA) is 40.5 Å². The van der Waals surface area contributed by atoms with Crippen LogP contribution in [-0.2, 0) is 11.3 Å². The Hall–Kier alpha value is -2.20. The molecule has 4 heteroatoms. The Bertz CT molecular complexity index is 698. The second-order valence-electron chi connectivity index (χ2n) is 6.13. The second-order valence-corrected chi connectivity index (χ2v) is 6.13. The van der Waals surface area contributed by atoms with E-state index in [0.29, 0.717) is 12.1 Å². The van der Waals surface area contributed by atoms with Crippen molar-refractivity contribution < 1.29 is 14.3 Å². The molecule has 1 atom stereocenters. The summed E-state index contributed by atoms with van der Waals surface area (Å²) in [5.74, 6) is -1.30. The van der Waals surface area contributed by atoms with Gasteiger partial charge >= 0.3 is 5.97 Å². The van der Waals surface area contributed by atoms with Crippen LogP contribution in [-0.4, -0.2) is 30.1 Å². The molecule has 2 rings (SSSR count). The number of aliphatic carboxylic acids is 1. The number of carboxylic acid groups (broad SMARTS) is 1. The normalized spacial score (nSPS) is 12.4. The van der Waals surface area contributed by atoms with Gasteiger partial charge < -0.3 is 10.0 Å². The zero-order valence-electron chi connectivity index (χ0n) is 13.7. The van der Waals surface area contributed by atoms with Crippen molar-refractivity contribution in [3.63, 3.8) is 0 Å². The molecule has 0 aromatic heterocycles. The lowest BCUT2D eigenvalue weighted by Gasteiger charge is -2.17. The molecule has 3 nitrogen and oxygen atoms in total. The Kier molecular flexibility index (Phi) is 5.50. The number of carbonyl (C=O) groups is 1. The Morgan fingerprint density at radius 3 is 2.52 bits per heavy atom. The number of hydrogen-bond acceptors (Lipinski definition) is 2. The predicted octanol–water partition coefficient (Wildman–Crippen LogP) is 4.13. The van der Waals surface area contributed by atoms with Crippen LogP contribution in [0.25, 0.3) is 11.1 Å². The molecule has 0 aliphatic carbocycles. The first-order chi connectivity index (χ1) is 10.9. The molecule has 0 saturated carbocycles. The molecule has 2 aromatic carbocycles. The maximum absolute atomic E-state index is 14.4. The van der Waals surface area contributed by atoms with Crippen molar-refractivity contribution in [2.24, 2.45) is 0 Å². The van der Waals surface area contributed by atoms with Gasteiger partial charge in [-0.05, 0) is 48.8 Å². The third kappa shape index (κ3) is 4.39. The minimum Gasteiger partial charge on any atom is -0.481 e. The number of hydrogen-bond donors (Lipinski definition) is 1. The van der Waals surface area contributed by atoms with E-state index in [-0.39, 0.29) is 18.2 Å². The molecule has 0 aliphatic heterocycles. The first kappa shape index (κ1) is 17.2. The van der Waals surface area contributed by atoms with Gasteiger partial charge in [0.15, 0.2) is 0 Å². The summed E-state index contributed by atoms with van der Waals surface area (Å²) in [6.45, 7) is 2.56. The molecule has 0 aliphatic rings. The van der Waals surface area contributed by atoms with E-state index in [1.807, 2.05) is 50.2 Å². The summed E-state index contributed by atoms with van der Waals surface area (Å²) in [4.78, 5) is 12.9. The molecule has 2 aromatic rings. The largest absolute Gasteiger partial charge is 0.481 e. The lowest BCUT2D eigenvalue weighted by Crippen LogP contribution is -2.11. The molecule has 1 unspecified atom stereocenters. The van der Waals surface area contributed by atoms with Crippen LogP contribution in [0.1, 0.15) is 30.4 Å². The average Bonchev–Trinajstić information content (AvgIpc) is 2.47. The molecule has 0 spiro atoms. The van der Waals surface area contributed by atoms with Gasteiger partial charge in [0.2, 0.25) is 0 Å². The quantitative estimate of drug-likeness (QED) is 0.871. The fourth-order valence-electron chi connectivity index (χ4n) is 2.70. The Balaban J connectivity index is 2.45. The molecular formula is C19H22FNO2. The SMILES string of the molecule is CC(CC(=O)O)c1ccc(F)c(-c2ccccc2CN(C)C)c1. The van der Waals surface area contributed by atoms with Crippen molar-refractivity contribution in [3.8, 4) is 11.1 Å². The van der Waals surface area contributed by atoms with E-state index in [9.17, 15) is 9.18 Å². The zero-order valence-corrected chi connectivity index (χ0v) is 13.7. The number of rotatable bonds is 6. The third-order valence-corrected chi connectivity index (χ3v) is 3.83. The van der Waals surface area contributed by atoms with E-state index >= 15 is 0 Å². The van der Waals surface area contributed by atoms with E-state index in [1.165, 1.54) is 6.07 Å². The van der Waals surface area contributed by atoms with E-state index < -0.39 is 5.97 Å². The maximum Gasteiger partial charge on any atom is 0.303 e. The molecule has 0 bridgehead atoms. The fraction of sp³-hybridized carbons (Fsp3) is 0.316. The molecule has 0 fully saturated rings. The van der Waals surface area contributed by atoms with Gasteiger partial charge in [-0.25, -0.2) is 4.39 Å². The van der Waals surface area contributed by atoms with Gasteiger partial charge in [-0.1, -0.05) is 37.3 Å². The van der Waals surface area contributed by atoms with Crippen molar-refractivity contribution >= 4 is 5.97 Å². The molecular weight excluding hydrogens is 293 g/mol. The monoisotopic (exact) mass is 315 g/mol. The van der Waals surface area contributed by atoms with Crippen molar-refractivity contribution in [1.82, 2.24) is 4.90 Å². The second kappa shape index (κ2) is 7.38. The van der Waals surface area contributed by atoms with Crippen LogP contribution in [0.5, 0.6) is 0 Å². The summed E-state index contributed by atoms with van der Waals surface area (Å²) in [6, 6.07) is 12.6. The highest BCUT2D eigenvalue weighted by Crippen LogP contribution is 2.31. The summed E-state index contributed by atoms with van der Waals surface area (Å²) in [5, 5.41) is 8.95. The summed E-state index contributed by atoms with van der Waals surface area (Å²) >= 11 is 0. The summed E-state index contributed by atoms with van der Waals surface area (Å²) in [6.07, 6.45) is 0.0322. The number of nitrogens with zero attached hydrogens (tertiary/aromatic N) is 1. The minimum absolute atomic E-state index is 0.0322. The smallest absolute Gasteiger partial charge is 0.303 e. The van der Waals surface area contributed by atoms with E-state index in [1.54, 1.807) is 12.1 Å². The fourth-order valence-corrected chi connectivity index (χ4v) is 2.70. The van der Waals surface area contributed by atoms with Crippen LogP contribution in [0.3, 0.4) is 0 Å².